The number of anilines is 2. The van der Waals surface area contributed by atoms with E-state index < -0.39 is 0 Å². The van der Waals surface area contributed by atoms with Crippen LogP contribution < -0.4 is 15.0 Å². The molecule has 0 aliphatic rings. The molecule has 0 fully saturated rings. The van der Waals surface area contributed by atoms with Crippen LogP contribution in [0.5, 0.6) is 5.75 Å². The fourth-order valence-electron chi connectivity index (χ4n) is 2.09. The van der Waals surface area contributed by atoms with Gasteiger partial charge in [-0.25, -0.2) is 4.98 Å². The van der Waals surface area contributed by atoms with Gasteiger partial charge in [-0.1, -0.05) is 12.1 Å². The highest BCUT2D eigenvalue weighted by Gasteiger charge is 2.06. The van der Waals surface area contributed by atoms with Gasteiger partial charge in [0.1, 0.15) is 11.6 Å². The molecular formula is C17H23N3O. The van der Waals surface area contributed by atoms with Crippen LogP contribution in [0, 0.1) is 0 Å². The molecule has 0 aliphatic heterocycles. The van der Waals surface area contributed by atoms with Crippen LogP contribution in [0.1, 0.15) is 25.5 Å². The van der Waals surface area contributed by atoms with Gasteiger partial charge in [0.05, 0.1) is 18.5 Å². The number of hydrogen-bond donors (Lipinski definition) is 1. The molecule has 0 aliphatic carbocycles. The molecule has 1 aromatic carbocycles. The van der Waals surface area contributed by atoms with Crippen LogP contribution in [0.15, 0.2) is 42.6 Å². The van der Waals surface area contributed by atoms with Crippen molar-refractivity contribution in [3.63, 3.8) is 0 Å². The van der Waals surface area contributed by atoms with Crippen molar-refractivity contribution in [1.82, 2.24) is 4.98 Å². The van der Waals surface area contributed by atoms with E-state index in [0.29, 0.717) is 6.61 Å². The van der Waals surface area contributed by atoms with E-state index in [9.17, 15) is 0 Å². The van der Waals surface area contributed by atoms with E-state index in [0.717, 1.165) is 17.3 Å². The van der Waals surface area contributed by atoms with Crippen molar-refractivity contribution >= 4 is 11.5 Å². The number of nitrogens with one attached hydrogen (secondary N) is 1. The second kappa shape index (κ2) is 6.97. The zero-order valence-corrected chi connectivity index (χ0v) is 13.1. The molecule has 1 N–H and O–H groups in total. The zero-order chi connectivity index (χ0) is 15.2. The number of aromatic nitrogens is 1. The lowest BCUT2D eigenvalue weighted by molar-refractivity contribution is 0.340. The molecule has 4 heteroatoms. The summed E-state index contributed by atoms with van der Waals surface area (Å²) in [7, 11) is 3.97. The average Bonchev–Trinajstić information content (AvgIpc) is 2.49. The summed E-state index contributed by atoms with van der Waals surface area (Å²) in [6.45, 7) is 4.81. The highest BCUT2D eigenvalue weighted by atomic mass is 16.5. The summed E-state index contributed by atoms with van der Waals surface area (Å²) in [6, 6.07) is 12.5. The Morgan fingerprint density at radius 2 is 1.86 bits per heavy atom. The Morgan fingerprint density at radius 1 is 1.14 bits per heavy atom. The minimum Gasteiger partial charge on any atom is -0.494 e. The van der Waals surface area contributed by atoms with E-state index in [1.165, 1.54) is 5.56 Å². The van der Waals surface area contributed by atoms with E-state index in [1.54, 1.807) is 0 Å². The molecular weight excluding hydrogens is 262 g/mol. The van der Waals surface area contributed by atoms with E-state index in [2.05, 4.69) is 29.4 Å². The molecule has 2 aromatic rings. The zero-order valence-electron chi connectivity index (χ0n) is 13.1. The van der Waals surface area contributed by atoms with Gasteiger partial charge >= 0.3 is 0 Å². The van der Waals surface area contributed by atoms with Crippen molar-refractivity contribution in [3.05, 3.63) is 48.2 Å². The summed E-state index contributed by atoms with van der Waals surface area (Å²) in [4.78, 5) is 6.39. The average molecular weight is 285 g/mol. The minimum absolute atomic E-state index is 0.215. The third-order valence-electron chi connectivity index (χ3n) is 3.28. The predicted molar refractivity (Wildman–Crippen MR) is 88.2 cm³/mol. The van der Waals surface area contributed by atoms with E-state index >= 15 is 0 Å². The maximum absolute atomic E-state index is 5.46. The number of ether oxygens (including phenoxy) is 1. The first-order valence-corrected chi connectivity index (χ1v) is 7.23. The van der Waals surface area contributed by atoms with Gasteiger partial charge < -0.3 is 15.0 Å². The van der Waals surface area contributed by atoms with Gasteiger partial charge in [-0.3, -0.25) is 0 Å². The molecule has 0 saturated carbocycles. The summed E-state index contributed by atoms with van der Waals surface area (Å²) in [5.74, 6) is 1.86. The molecule has 0 saturated heterocycles. The van der Waals surface area contributed by atoms with Gasteiger partial charge in [0.15, 0.2) is 0 Å². The molecule has 0 radical (unpaired) electrons. The summed E-state index contributed by atoms with van der Waals surface area (Å²) in [5.41, 5.74) is 2.23. The van der Waals surface area contributed by atoms with Crippen LogP contribution in [0.4, 0.5) is 11.5 Å². The molecule has 2 rings (SSSR count). The predicted octanol–water partition coefficient (Wildman–Crippen LogP) is 3.72. The molecule has 0 spiro atoms. The van der Waals surface area contributed by atoms with E-state index in [-0.39, 0.29) is 6.04 Å². The maximum atomic E-state index is 5.46. The van der Waals surface area contributed by atoms with Gasteiger partial charge in [0, 0.05) is 20.1 Å². The van der Waals surface area contributed by atoms with Crippen molar-refractivity contribution in [1.29, 1.82) is 0 Å². The highest BCUT2D eigenvalue weighted by molar-refractivity contribution is 5.49. The first-order valence-electron chi connectivity index (χ1n) is 7.23. The summed E-state index contributed by atoms with van der Waals surface area (Å²) in [6.07, 6.45) is 1.86. The molecule has 0 amide bonds. The standard InChI is InChI=1S/C17H23N3O/c1-5-21-16-9-6-14(7-10-16)13(2)19-15-8-11-17(18-12-15)20(3)4/h6-13,19H,5H2,1-4H3. The third-order valence-corrected chi connectivity index (χ3v) is 3.28. The lowest BCUT2D eigenvalue weighted by atomic mass is 10.1. The Balaban J connectivity index is 2.01. The van der Waals surface area contributed by atoms with Gasteiger partial charge in [0.2, 0.25) is 0 Å². The number of rotatable bonds is 6. The van der Waals surface area contributed by atoms with Crippen LogP contribution >= 0.6 is 0 Å². The van der Waals surface area contributed by atoms with Crippen molar-refractivity contribution in [2.75, 3.05) is 30.9 Å². The molecule has 1 unspecified atom stereocenters. The number of benzene rings is 1. The minimum atomic E-state index is 0.215. The first kappa shape index (κ1) is 15.2. The van der Waals surface area contributed by atoms with Crippen molar-refractivity contribution < 1.29 is 4.74 Å². The molecule has 1 aromatic heterocycles. The lowest BCUT2D eigenvalue weighted by Crippen LogP contribution is -2.11. The van der Waals surface area contributed by atoms with Gasteiger partial charge in [-0.15, -0.1) is 0 Å². The Morgan fingerprint density at radius 3 is 2.38 bits per heavy atom. The quantitative estimate of drug-likeness (QED) is 0.877. The van der Waals surface area contributed by atoms with Crippen LogP contribution in [0.2, 0.25) is 0 Å². The van der Waals surface area contributed by atoms with E-state index in [4.69, 9.17) is 4.74 Å². The smallest absolute Gasteiger partial charge is 0.128 e. The summed E-state index contributed by atoms with van der Waals surface area (Å²) in [5, 5.41) is 3.45. The van der Waals surface area contributed by atoms with Gasteiger partial charge in [0.25, 0.3) is 0 Å². The maximum Gasteiger partial charge on any atom is 0.128 e. The number of pyridine rings is 1. The van der Waals surface area contributed by atoms with Gasteiger partial charge in [-0.05, 0) is 43.7 Å². The molecule has 0 bridgehead atoms. The summed E-state index contributed by atoms with van der Waals surface area (Å²) < 4.78 is 5.46. The van der Waals surface area contributed by atoms with Crippen LogP contribution in [-0.2, 0) is 0 Å². The largest absolute Gasteiger partial charge is 0.494 e. The van der Waals surface area contributed by atoms with Crippen molar-refractivity contribution in [3.8, 4) is 5.75 Å². The Labute approximate surface area is 126 Å². The normalized spacial score (nSPS) is 11.8. The second-order valence-electron chi connectivity index (χ2n) is 5.17. The second-order valence-corrected chi connectivity index (χ2v) is 5.17. The fourth-order valence-corrected chi connectivity index (χ4v) is 2.09. The molecule has 21 heavy (non-hydrogen) atoms. The lowest BCUT2D eigenvalue weighted by Gasteiger charge is -2.17. The monoisotopic (exact) mass is 285 g/mol. The number of hydrogen-bond acceptors (Lipinski definition) is 4. The SMILES string of the molecule is CCOc1ccc(C(C)Nc2ccc(N(C)C)nc2)cc1. The Hall–Kier alpha value is -2.23. The fraction of sp³-hybridized carbons (Fsp3) is 0.353. The Bertz CT molecular complexity index is 549. The third kappa shape index (κ3) is 4.12. The first-order chi connectivity index (χ1) is 10.1. The van der Waals surface area contributed by atoms with E-state index in [1.807, 2.05) is 56.4 Å². The van der Waals surface area contributed by atoms with Gasteiger partial charge in [-0.2, -0.15) is 0 Å². The molecule has 1 heterocycles. The molecule has 112 valence electrons. The summed E-state index contributed by atoms with van der Waals surface area (Å²) >= 11 is 0. The molecule has 1 atom stereocenters. The number of nitrogens with zero attached hydrogens (tertiary/aromatic N) is 2. The van der Waals surface area contributed by atoms with Crippen molar-refractivity contribution in [2.45, 2.75) is 19.9 Å². The Kier molecular flexibility index (Phi) is 5.04. The van der Waals surface area contributed by atoms with Crippen LogP contribution in [0.3, 0.4) is 0 Å². The topological polar surface area (TPSA) is 37.4 Å². The highest BCUT2D eigenvalue weighted by Crippen LogP contribution is 2.22. The van der Waals surface area contributed by atoms with Crippen LogP contribution in [-0.4, -0.2) is 25.7 Å². The van der Waals surface area contributed by atoms with Crippen molar-refractivity contribution in [2.24, 2.45) is 0 Å². The van der Waals surface area contributed by atoms with Crippen LogP contribution in [0.25, 0.3) is 0 Å². The molecule has 4 nitrogen and oxygen atoms in total.